The first-order chi connectivity index (χ1) is 4.30. The Hall–Kier alpha value is -0.280. The lowest BCUT2D eigenvalue weighted by molar-refractivity contribution is -0.129. The summed E-state index contributed by atoms with van der Waals surface area (Å²) in [5.41, 5.74) is 0. The van der Waals surface area contributed by atoms with Crippen LogP contribution < -0.4 is 5.32 Å². The lowest BCUT2D eigenvalue weighted by Crippen LogP contribution is -2.45. The molecule has 0 atom stereocenters. The molecule has 0 aromatic heterocycles. The average Bonchev–Trinajstić information content (AvgIpc) is 1.90. The largest absolute Gasteiger partial charge is 0.340 e. The summed E-state index contributed by atoms with van der Waals surface area (Å²) in [6.45, 7) is 5.25. The Bertz CT molecular complexity index is 112. The van der Waals surface area contributed by atoms with Gasteiger partial charge in [0.2, 0.25) is 5.91 Å². The maximum absolute atomic E-state index is 10.7. The van der Waals surface area contributed by atoms with Crippen LogP contribution in [0.3, 0.4) is 0 Å². The molecule has 0 unspecified atom stereocenters. The van der Waals surface area contributed by atoms with Crippen LogP contribution in [-0.4, -0.2) is 37.0 Å². The van der Waals surface area contributed by atoms with Gasteiger partial charge in [-0.3, -0.25) is 4.79 Å². The SMILES string of the molecule is CC(=O)N1CCNCC1.Cl. The van der Waals surface area contributed by atoms with Gasteiger partial charge in [0.05, 0.1) is 0 Å². The van der Waals surface area contributed by atoms with E-state index >= 15 is 0 Å². The molecule has 0 aromatic carbocycles. The molecule has 4 heteroatoms. The second kappa shape index (κ2) is 4.52. The van der Waals surface area contributed by atoms with Crippen molar-refractivity contribution in [2.45, 2.75) is 6.92 Å². The molecule has 0 bridgehead atoms. The molecule has 1 saturated heterocycles. The zero-order chi connectivity index (χ0) is 6.69. The van der Waals surface area contributed by atoms with Crippen molar-refractivity contribution < 1.29 is 4.79 Å². The van der Waals surface area contributed by atoms with Gasteiger partial charge in [-0.25, -0.2) is 0 Å². The fourth-order valence-electron chi connectivity index (χ4n) is 0.980. The van der Waals surface area contributed by atoms with Crippen molar-refractivity contribution in [2.24, 2.45) is 0 Å². The Morgan fingerprint density at radius 3 is 2.20 bits per heavy atom. The van der Waals surface area contributed by atoms with Gasteiger partial charge >= 0.3 is 0 Å². The van der Waals surface area contributed by atoms with Gasteiger partial charge in [0.25, 0.3) is 0 Å². The van der Waals surface area contributed by atoms with Crippen molar-refractivity contribution in [1.82, 2.24) is 10.2 Å². The maximum atomic E-state index is 10.7. The number of nitrogens with one attached hydrogen (secondary N) is 1. The second-order valence-electron chi connectivity index (χ2n) is 2.26. The number of hydrogen-bond acceptors (Lipinski definition) is 2. The van der Waals surface area contributed by atoms with Crippen molar-refractivity contribution in [3.8, 4) is 0 Å². The summed E-state index contributed by atoms with van der Waals surface area (Å²) in [5.74, 6) is 0.191. The number of rotatable bonds is 0. The Morgan fingerprint density at radius 1 is 1.40 bits per heavy atom. The van der Waals surface area contributed by atoms with Crippen molar-refractivity contribution in [3.63, 3.8) is 0 Å². The maximum Gasteiger partial charge on any atom is 0.219 e. The molecular weight excluding hydrogens is 152 g/mol. The predicted octanol–water partition coefficient (Wildman–Crippen LogP) is -0.140. The van der Waals surface area contributed by atoms with Crippen LogP contribution in [0.1, 0.15) is 6.92 Å². The lowest BCUT2D eigenvalue weighted by Gasteiger charge is -2.25. The molecule has 1 aliphatic heterocycles. The molecular formula is C6H13ClN2O. The van der Waals surface area contributed by atoms with Crippen molar-refractivity contribution in [3.05, 3.63) is 0 Å². The van der Waals surface area contributed by atoms with Crippen LogP contribution in [0.15, 0.2) is 0 Å². The highest BCUT2D eigenvalue weighted by molar-refractivity contribution is 5.85. The molecule has 1 rings (SSSR count). The van der Waals surface area contributed by atoms with E-state index in [2.05, 4.69) is 5.32 Å². The van der Waals surface area contributed by atoms with E-state index in [1.165, 1.54) is 0 Å². The first-order valence-electron chi connectivity index (χ1n) is 3.27. The van der Waals surface area contributed by atoms with Crippen molar-refractivity contribution in [1.29, 1.82) is 0 Å². The van der Waals surface area contributed by atoms with Crippen molar-refractivity contribution >= 4 is 18.3 Å². The summed E-state index contributed by atoms with van der Waals surface area (Å²) in [6, 6.07) is 0. The molecule has 10 heavy (non-hydrogen) atoms. The highest BCUT2D eigenvalue weighted by atomic mass is 35.5. The van der Waals surface area contributed by atoms with E-state index in [9.17, 15) is 4.79 Å². The monoisotopic (exact) mass is 164 g/mol. The normalized spacial score (nSPS) is 17.9. The predicted molar refractivity (Wildman–Crippen MR) is 42.4 cm³/mol. The van der Waals surface area contributed by atoms with E-state index in [0.717, 1.165) is 26.2 Å². The van der Waals surface area contributed by atoms with Crippen LogP contribution in [0.2, 0.25) is 0 Å². The standard InChI is InChI=1S/C6H12N2O.ClH/c1-6(9)8-4-2-7-3-5-8;/h7H,2-5H2,1H3;1H. The summed E-state index contributed by atoms with van der Waals surface area (Å²) in [5, 5.41) is 3.18. The van der Waals surface area contributed by atoms with Gasteiger partial charge in [0.15, 0.2) is 0 Å². The van der Waals surface area contributed by atoms with Crippen molar-refractivity contribution in [2.75, 3.05) is 26.2 Å². The number of carbonyl (C=O) groups is 1. The summed E-state index contributed by atoms with van der Waals surface area (Å²) < 4.78 is 0. The average molecular weight is 165 g/mol. The molecule has 0 radical (unpaired) electrons. The van der Waals surface area contributed by atoms with Crippen LogP contribution in [0.25, 0.3) is 0 Å². The Balaban J connectivity index is 0.000000810. The third-order valence-corrected chi connectivity index (χ3v) is 1.56. The summed E-state index contributed by atoms with van der Waals surface area (Å²) >= 11 is 0. The van der Waals surface area contributed by atoms with Gasteiger partial charge in [-0.1, -0.05) is 0 Å². The lowest BCUT2D eigenvalue weighted by atomic mass is 10.4. The van der Waals surface area contributed by atoms with Gasteiger partial charge < -0.3 is 10.2 Å². The van der Waals surface area contributed by atoms with Gasteiger partial charge in [-0.05, 0) is 0 Å². The third-order valence-electron chi connectivity index (χ3n) is 1.56. The topological polar surface area (TPSA) is 32.3 Å². The first-order valence-corrected chi connectivity index (χ1v) is 3.27. The van der Waals surface area contributed by atoms with Crippen LogP contribution in [0.4, 0.5) is 0 Å². The minimum Gasteiger partial charge on any atom is -0.340 e. The minimum absolute atomic E-state index is 0. The molecule has 1 heterocycles. The molecule has 0 aromatic rings. The Morgan fingerprint density at radius 2 is 1.90 bits per heavy atom. The molecule has 1 fully saturated rings. The third kappa shape index (κ3) is 2.54. The molecule has 0 saturated carbocycles. The Labute approximate surface area is 67.2 Å². The summed E-state index contributed by atoms with van der Waals surface area (Å²) in [7, 11) is 0. The van der Waals surface area contributed by atoms with E-state index in [4.69, 9.17) is 0 Å². The molecule has 60 valence electrons. The quantitative estimate of drug-likeness (QED) is 0.541. The molecule has 1 amide bonds. The van der Waals surface area contributed by atoms with E-state index in [0.29, 0.717) is 0 Å². The molecule has 3 nitrogen and oxygen atoms in total. The highest BCUT2D eigenvalue weighted by Gasteiger charge is 2.10. The fraction of sp³-hybridized carbons (Fsp3) is 0.833. The number of halogens is 1. The highest BCUT2D eigenvalue weighted by Crippen LogP contribution is 1.90. The first kappa shape index (κ1) is 9.72. The van der Waals surface area contributed by atoms with Gasteiger partial charge in [0.1, 0.15) is 0 Å². The summed E-state index contributed by atoms with van der Waals surface area (Å²) in [6.07, 6.45) is 0. The van der Waals surface area contributed by atoms with Crippen LogP contribution >= 0.6 is 12.4 Å². The van der Waals surface area contributed by atoms with Crippen LogP contribution in [0, 0.1) is 0 Å². The van der Waals surface area contributed by atoms with E-state index in [1.807, 2.05) is 4.90 Å². The number of piperazine rings is 1. The number of nitrogens with zero attached hydrogens (tertiary/aromatic N) is 1. The fourth-order valence-corrected chi connectivity index (χ4v) is 0.980. The van der Waals surface area contributed by atoms with Crippen LogP contribution in [0.5, 0.6) is 0 Å². The summed E-state index contributed by atoms with van der Waals surface area (Å²) in [4.78, 5) is 12.6. The zero-order valence-corrected chi connectivity index (χ0v) is 6.91. The smallest absolute Gasteiger partial charge is 0.219 e. The van der Waals surface area contributed by atoms with Gasteiger partial charge in [-0.15, -0.1) is 12.4 Å². The number of carbonyl (C=O) groups excluding carboxylic acids is 1. The van der Waals surface area contributed by atoms with E-state index in [1.54, 1.807) is 6.92 Å². The van der Waals surface area contributed by atoms with Gasteiger partial charge in [-0.2, -0.15) is 0 Å². The minimum atomic E-state index is 0. The molecule has 0 spiro atoms. The van der Waals surface area contributed by atoms with E-state index < -0.39 is 0 Å². The van der Waals surface area contributed by atoms with Gasteiger partial charge in [0, 0.05) is 33.1 Å². The molecule has 1 aliphatic rings. The van der Waals surface area contributed by atoms with Crippen LogP contribution in [-0.2, 0) is 4.79 Å². The van der Waals surface area contributed by atoms with E-state index in [-0.39, 0.29) is 18.3 Å². The molecule has 0 aliphatic carbocycles. The number of amides is 1. The zero-order valence-electron chi connectivity index (χ0n) is 6.09. The second-order valence-corrected chi connectivity index (χ2v) is 2.26. The Kier molecular flexibility index (Phi) is 4.40. The molecule has 1 N–H and O–H groups in total. The number of hydrogen-bond donors (Lipinski definition) is 1.